The van der Waals surface area contributed by atoms with Crippen molar-refractivity contribution in [3.8, 4) is 11.3 Å². The molecule has 162 valence electrons. The molecule has 3 aromatic heterocycles. The van der Waals surface area contributed by atoms with E-state index in [-0.39, 0.29) is 12.0 Å². The highest BCUT2D eigenvalue weighted by Gasteiger charge is 2.24. The van der Waals surface area contributed by atoms with Crippen molar-refractivity contribution in [3.63, 3.8) is 0 Å². The van der Waals surface area contributed by atoms with Crippen molar-refractivity contribution < 1.29 is 9.53 Å². The quantitative estimate of drug-likeness (QED) is 0.456. The normalized spacial score (nSPS) is 16.2. The first-order chi connectivity index (χ1) is 15.6. The summed E-state index contributed by atoms with van der Waals surface area (Å²) in [4.78, 5) is 25.9. The fourth-order valence-corrected chi connectivity index (χ4v) is 3.82. The molecule has 1 fully saturated rings. The van der Waals surface area contributed by atoms with Crippen LogP contribution < -0.4 is 16.4 Å². The van der Waals surface area contributed by atoms with E-state index in [1.54, 1.807) is 24.5 Å². The number of nitrogen functional groups attached to an aromatic ring is 1. The molecule has 9 heteroatoms. The van der Waals surface area contributed by atoms with Crippen LogP contribution in [0.25, 0.3) is 16.8 Å². The molecular weight excluding hydrogens is 406 g/mol. The highest BCUT2D eigenvalue weighted by molar-refractivity contribution is 6.04. The molecule has 1 aliphatic rings. The van der Waals surface area contributed by atoms with Gasteiger partial charge in [0.1, 0.15) is 34.8 Å². The number of aromatic nitrogens is 4. The Morgan fingerprint density at radius 1 is 1.22 bits per heavy atom. The first kappa shape index (κ1) is 20.1. The number of nitrogens with two attached hydrogens (primary N) is 1. The molecule has 1 saturated heterocycles. The Labute approximate surface area is 184 Å². The molecule has 0 unspecified atom stereocenters. The lowest BCUT2D eigenvalue weighted by molar-refractivity contribution is 0.0219. The van der Waals surface area contributed by atoms with Gasteiger partial charge in [-0.25, -0.2) is 15.0 Å². The summed E-state index contributed by atoms with van der Waals surface area (Å²) in [5.41, 5.74) is 10.0. The molecule has 0 aliphatic carbocycles. The number of imidazole rings is 1. The molecule has 9 nitrogen and oxygen atoms in total. The van der Waals surface area contributed by atoms with Crippen molar-refractivity contribution >= 4 is 23.1 Å². The molecule has 0 saturated carbocycles. The number of nitrogens with one attached hydrogen (secondary N) is 2. The van der Waals surface area contributed by atoms with Crippen LogP contribution >= 0.6 is 0 Å². The van der Waals surface area contributed by atoms with Crippen LogP contribution in [-0.2, 0) is 4.74 Å². The Balaban J connectivity index is 1.47. The maximum absolute atomic E-state index is 12.6. The Hall–Kier alpha value is -3.82. The largest absolute Gasteiger partial charge is 0.382 e. The molecule has 0 bridgehead atoms. The van der Waals surface area contributed by atoms with Gasteiger partial charge in [0, 0.05) is 42.8 Å². The SMILES string of the molecule is Cc1ccnc(NC(=O)c2ccc(-c3nc([C@@H]4CNCCO4)n4ccnc(N)c34)cc2)c1. The number of nitrogens with zero attached hydrogens (tertiary/aromatic N) is 4. The van der Waals surface area contributed by atoms with Crippen LogP contribution in [0.1, 0.15) is 27.8 Å². The van der Waals surface area contributed by atoms with Gasteiger partial charge in [-0.3, -0.25) is 9.20 Å². The van der Waals surface area contributed by atoms with Crippen LogP contribution in [0.4, 0.5) is 11.6 Å². The van der Waals surface area contributed by atoms with E-state index in [9.17, 15) is 4.79 Å². The van der Waals surface area contributed by atoms with E-state index in [1.165, 1.54) is 0 Å². The average Bonchev–Trinajstić information content (AvgIpc) is 3.21. The summed E-state index contributed by atoms with van der Waals surface area (Å²) in [5.74, 6) is 1.44. The van der Waals surface area contributed by atoms with Gasteiger partial charge < -0.3 is 21.1 Å². The van der Waals surface area contributed by atoms with Gasteiger partial charge in [0.15, 0.2) is 0 Å². The zero-order valence-corrected chi connectivity index (χ0v) is 17.6. The molecule has 32 heavy (non-hydrogen) atoms. The van der Waals surface area contributed by atoms with Crippen LogP contribution in [0.3, 0.4) is 0 Å². The van der Waals surface area contributed by atoms with Crippen molar-refractivity contribution in [3.05, 3.63) is 71.9 Å². The number of carbonyl (C=O) groups excluding carboxylic acids is 1. The predicted molar refractivity (Wildman–Crippen MR) is 121 cm³/mol. The third-order valence-electron chi connectivity index (χ3n) is 5.40. The number of rotatable bonds is 4. The maximum Gasteiger partial charge on any atom is 0.256 e. The second-order valence-electron chi connectivity index (χ2n) is 7.66. The second-order valence-corrected chi connectivity index (χ2v) is 7.66. The summed E-state index contributed by atoms with van der Waals surface area (Å²) >= 11 is 0. The fraction of sp³-hybridized carbons (Fsp3) is 0.217. The number of ether oxygens (including phenoxy) is 1. The predicted octanol–water partition coefficient (Wildman–Crippen LogP) is 2.60. The monoisotopic (exact) mass is 429 g/mol. The molecule has 1 atom stereocenters. The topological polar surface area (TPSA) is 119 Å². The van der Waals surface area contributed by atoms with E-state index >= 15 is 0 Å². The Morgan fingerprint density at radius 3 is 2.81 bits per heavy atom. The number of fused-ring (bicyclic) bond motifs is 1. The zero-order chi connectivity index (χ0) is 22.1. The summed E-state index contributed by atoms with van der Waals surface area (Å²) in [5, 5.41) is 6.15. The number of pyridine rings is 1. The third-order valence-corrected chi connectivity index (χ3v) is 5.40. The summed E-state index contributed by atoms with van der Waals surface area (Å²) in [6.07, 6.45) is 4.98. The van der Waals surface area contributed by atoms with E-state index in [4.69, 9.17) is 15.5 Å². The molecule has 0 radical (unpaired) electrons. The number of hydrogen-bond acceptors (Lipinski definition) is 7. The summed E-state index contributed by atoms with van der Waals surface area (Å²) in [6.45, 7) is 4.06. The molecule has 4 aromatic rings. The number of hydrogen-bond donors (Lipinski definition) is 3. The van der Waals surface area contributed by atoms with Crippen molar-refractivity contribution in [1.82, 2.24) is 24.7 Å². The number of benzene rings is 1. The van der Waals surface area contributed by atoms with Gasteiger partial charge >= 0.3 is 0 Å². The van der Waals surface area contributed by atoms with E-state index in [0.717, 1.165) is 29.0 Å². The molecule has 0 spiro atoms. The van der Waals surface area contributed by atoms with E-state index in [1.807, 2.05) is 41.8 Å². The third kappa shape index (κ3) is 3.79. The number of morpholine rings is 1. The van der Waals surface area contributed by atoms with Crippen LogP contribution in [0.5, 0.6) is 0 Å². The Bertz CT molecular complexity index is 1280. The Kier molecular flexibility index (Phi) is 5.26. The molecule has 1 amide bonds. The minimum Gasteiger partial charge on any atom is -0.382 e. The zero-order valence-electron chi connectivity index (χ0n) is 17.6. The van der Waals surface area contributed by atoms with Crippen LogP contribution in [0.2, 0.25) is 0 Å². The van der Waals surface area contributed by atoms with Gasteiger partial charge in [0.2, 0.25) is 0 Å². The van der Waals surface area contributed by atoms with Gasteiger partial charge in [-0.05, 0) is 36.8 Å². The molecule has 4 N–H and O–H groups in total. The first-order valence-corrected chi connectivity index (χ1v) is 10.4. The maximum atomic E-state index is 12.6. The molecule has 1 aliphatic heterocycles. The highest BCUT2D eigenvalue weighted by Crippen LogP contribution is 2.31. The first-order valence-electron chi connectivity index (χ1n) is 10.4. The molecule has 5 rings (SSSR count). The van der Waals surface area contributed by atoms with E-state index in [2.05, 4.69) is 20.6 Å². The van der Waals surface area contributed by atoms with Gasteiger partial charge in [-0.1, -0.05) is 12.1 Å². The van der Waals surface area contributed by atoms with Gasteiger partial charge in [0.25, 0.3) is 5.91 Å². The standard InChI is InChI=1S/C23H23N7O2/c1-14-6-7-26-18(12-14)28-23(31)16-4-2-15(3-5-16)19-20-21(24)27-8-10-30(20)22(29-19)17-13-25-9-11-32-17/h2-8,10,12,17,25H,9,11,13H2,1H3,(H2,24,27)(H,26,28,31)/t17-/m0/s1. The van der Waals surface area contributed by atoms with Gasteiger partial charge in [-0.15, -0.1) is 0 Å². The summed E-state index contributed by atoms with van der Waals surface area (Å²) < 4.78 is 7.84. The number of anilines is 2. The van der Waals surface area contributed by atoms with Gasteiger partial charge in [-0.2, -0.15) is 0 Å². The Morgan fingerprint density at radius 2 is 2.06 bits per heavy atom. The smallest absolute Gasteiger partial charge is 0.256 e. The fourth-order valence-electron chi connectivity index (χ4n) is 3.82. The lowest BCUT2D eigenvalue weighted by atomic mass is 10.1. The van der Waals surface area contributed by atoms with Crippen LogP contribution in [-0.4, -0.2) is 45.0 Å². The summed E-state index contributed by atoms with van der Waals surface area (Å²) in [7, 11) is 0. The lowest BCUT2D eigenvalue weighted by Gasteiger charge is -2.22. The second kappa shape index (κ2) is 8.37. The van der Waals surface area contributed by atoms with E-state index in [0.29, 0.717) is 36.0 Å². The average molecular weight is 429 g/mol. The van der Waals surface area contributed by atoms with Crippen LogP contribution in [0, 0.1) is 6.92 Å². The van der Waals surface area contributed by atoms with Crippen LogP contribution in [0.15, 0.2) is 55.0 Å². The van der Waals surface area contributed by atoms with Crippen molar-refractivity contribution in [2.45, 2.75) is 13.0 Å². The minimum absolute atomic E-state index is 0.182. The van der Waals surface area contributed by atoms with Gasteiger partial charge in [0.05, 0.1) is 6.61 Å². The van der Waals surface area contributed by atoms with Crippen molar-refractivity contribution in [1.29, 1.82) is 0 Å². The minimum atomic E-state index is -0.229. The van der Waals surface area contributed by atoms with E-state index < -0.39 is 0 Å². The number of amides is 1. The molecule has 1 aromatic carbocycles. The lowest BCUT2D eigenvalue weighted by Crippen LogP contribution is -2.34. The molecule has 4 heterocycles. The van der Waals surface area contributed by atoms with Crippen molar-refractivity contribution in [2.24, 2.45) is 0 Å². The number of carbonyl (C=O) groups is 1. The highest BCUT2D eigenvalue weighted by atomic mass is 16.5. The molecular formula is C23H23N7O2. The van der Waals surface area contributed by atoms with Crippen molar-refractivity contribution in [2.75, 3.05) is 30.7 Å². The summed E-state index contributed by atoms with van der Waals surface area (Å²) in [6, 6.07) is 10.9. The number of aryl methyl sites for hydroxylation is 1.